The van der Waals surface area contributed by atoms with Crippen LogP contribution in [0.15, 0.2) is 18.2 Å². The van der Waals surface area contributed by atoms with Gasteiger partial charge in [0.25, 0.3) is 0 Å². The normalized spacial score (nSPS) is 9.74. The van der Waals surface area contributed by atoms with Crippen molar-refractivity contribution in [3.63, 3.8) is 0 Å². The number of nitrogens with two attached hydrogens (primary N) is 1. The van der Waals surface area contributed by atoms with Gasteiger partial charge >= 0.3 is 0 Å². The Hall–Kier alpha value is -2.59. The van der Waals surface area contributed by atoms with E-state index < -0.39 is 0 Å². The molecule has 0 aliphatic rings. The van der Waals surface area contributed by atoms with Crippen LogP contribution in [0, 0.1) is 11.3 Å². The van der Waals surface area contributed by atoms with Gasteiger partial charge in [0.05, 0.1) is 12.7 Å². The number of rotatable bonds is 3. The monoisotopic (exact) mass is 276 g/mol. The van der Waals surface area contributed by atoms with Gasteiger partial charge in [-0.15, -0.1) is 0 Å². The molecule has 0 saturated carbocycles. The third-order valence-corrected chi connectivity index (χ3v) is 2.40. The molecule has 0 aliphatic heterocycles. The summed E-state index contributed by atoms with van der Waals surface area (Å²) >= 11 is 5.69. The van der Waals surface area contributed by atoms with Crippen molar-refractivity contribution < 1.29 is 4.74 Å². The minimum Gasteiger partial charge on any atom is -0.495 e. The Morgan fingerprint density at radius 3 is 2.79 bits per heavy atom. The van der Waals surface area contributed by atoms with E-state index in [4.69, 9.17) is 27.3 Å². The van der Waals surface area contributed by atoms with Crippen molar-refractivity contribution in [1.82, 2.24) is 15.0 Å². The molecule has 3 N–H and O–H groups in total. The molecule has 0 spiro atoms. The maximum absolute atomic E-state index is 9.08. The summed E-state index contributed by atoms with van der Waals surface area (Å²) in [6, 6.07) is 7.09. The first kappa shape index (κ1) is 12.9. The minimum absolute atomic E-state index is 0.0177. The fourth-order valence-electron chi connectivity index (χ4n) is 1.46. The van der Waals surface area contributed by atoms with Crippen molar-refractivity contribution >= 4 is 29.2 Å². The number of hydrogen-bond acceptors (Lipinski definition) is 7. The van der Waals surface area contributed by atoms with E-state index in [9.17, 15) is 0 Å². The van der Waals surface area contributed by atoms with E-state index in [-0.39, 0.29) is 17.2 Å². The predicted molar refractivity (Wildman–Crippen MR) is 70.2 cm³/mol. The molecule has 0 radical (unpaired) electrons. The fourth-order valence-corrected chi connectivity index (χ4v) is 1.62. The third kappa shape index (κ3) is 2.81. The second-order valence-corrected chi connectivity index (χ2v) is 3.74. The molecule has 0 aliphatic carbocycles. The number of nitrogens with zero attached hydrogens (tertiary/aromatic N) is 4. The first-order valence-corrected chi connectivity index (χ1v) is 5.53. The van der Waals surface area contributed by atoms with E-state index in [0.717, 1.165) is 0 Å². The second-order valence-electron chi connectivity index (χ2n) is 3.41. The molecule has 0 fully saturated rings. The van der Waals surface area contributed by atoms with Gasteiger partial charge in [-0.1, -0.05) is 6.07 Å². The molecule has 0 unspecified atom stereocenters. The zero-order chi connectivity index (χ0) is 13.8. The van der Waals surface area contributed by atoms with Crippen molar-refractivity contribution in [3.05, 3.63) is 29.0 Å². The number of nitriles is 1. The molecule has 19 heavy (non-hydrogen) atoms. The van der Waals surface area contributed by atoms with E-state index in [2.05, 4.69) is 20.3 Å². The van der Waals surface area contributed by atoms with Crippen molar-refractivity contribution in [2.45, 2.75) is 0 Å². The van der Waals surface area contributed by atoms with Crippen molar-refractivity contribution in [2.75, 3.05) is 18.2 Å². The van der Waals surface area contributed by atoms with Crippen LogP contribution < -0.4 is 15.8 Å². The minimum atomic E-state index is -0.0385. The standard InChI is InChI=1S/C11H9ClN6O/c1-19-7-4-2-3-6(5-13)8(7)15-11-17-9(12)16-10(14)18-11/h2-4H,1H3,(H3,14,15,16,17,18). The van der Waals surface area contributed by atoms with Crippen LogP contribution in [0.2, 0.25) is 5.28 Å². The maximum Gasteiger partial charge on any atom is 0.233 e. The molecule has 0 atom stereocenters. The molecular weight excluding hydrogens is 268 g/mol. The molecule has 0 amide bonds. The van der Waals surface area contributed by atoms with Gasteiger partial charge < -0.3 is 15.8 Å². The zero-order valence-corrected chi connectivity index (χ0v) is 10.6. The third-order valence-electron chi connectivity index (χ3n) is 2.23. The number of methoxy groups -OCH3 is 1. The molecular formula is C11H9ClN6O. The van der Waals surface area contributed by atoms with Gasteiger partial charge in [0.2, 0.25) is 17.2 Å². The van der Waals surface area contributed by atoms with Crippen molar-refractivity contribution in [1.29, 1.82) is 5.26 Å². The lowest BCUT2D eigenvalue weighted by atomic mass is 10.2. The molecule has 2 rings (SSSR count). The van der Waals surface area contributed by atoms with Gasteiger partial charge in [-0.25, -0.2) is 0 Å². The molecule has 1 aromatic carbocycles. The molecule has 7 nitrogen and oxygen atoms in total. The van der Waals surface area contributed by atoms with Gasteiger partial charge in [0.15, 0.2) is 0 Å². The summed E-state index contributed by atoms with van der Waals surface area (Å²) in [6.45, 7) is 0. The second kappa shape index (κ2) is 5.37. The van der Waals surface area contributed by atoms with Crippen LogP contribution in [0.5, 0.6) is 5.75 Å². The fraction of sp³-hybridized carbons (Fsp3) is 0.0909. The molecule has 0 bridgehead atoms. The average Bonchev–Trinajstić information content (AvgIpc) is 2.37. The molecule has 8 heteroatoms. The van der Waals surface area contributed by atoms with E-state index in [1.165, 1.54) is 7.11 Å². The maximum atomic E-state index is 9.08. The van der Waals surface area contributed by atoms with Gasteiger partial charge in [-0.05, 0) is 23.7 Å². The summed E-state index contributed by atoms with van der Waals surface area (Å²) in [5.41, 5.74) is 6.29. The summed E-state index contributed by atoms with van der Waals surface area (Å²) in [5, 5.41) is 11.9. The van der Waals surface area contributed by atoms with Gasteiger partial charge in [-0.3, -0.25) is 0 Å². The van der Waals surface area contributed by atoms with Crippen LogP contribution in [0.3, 0.4) is 0 Å². The van der Waals surface area contributed by atoms with Gasteiger partial charge in [0.1, 0.15) is 17.5 Å². The van der Waals surface area contributed by atoms with E-state index >= 15 is 0 Å². The first-order chi connectivity index (χ1) is 9.13. The largest absolute Gasteiger partial charge is 0.495 e. The number of aromatic nitrogens is 3. The van der Waals surface area contributed by atoms with Crippen molar-refractivity contribution in [3.8, 4) is 11.8 Å². The number of hydrogen-bond donors (Lipinski definition) is 2. The lowest BCUT2D eigenvalue weighted by Crippen LogP contribution is -2.05. The number of nitrogens with one attached hydrogen (secondary N) is 1. The van der Waals surface area contributed by atoms with Gasteiger partial charge in [-0.2, -0.15) is 20.2 Å². The molecule has 2 aromatic rings. The highest BCUT2D eigenvalue weighted by molar-refractivity contribution is 6.28. The number of halogens is 1. The highest BCUT2D eigenvalue weighted by Gasteiger charge is 2.11. The number of benzene rings is 1. The number of nitrogen functional groups attached to an aromatic ring is 1. The Balaban J connectivity index is 2.45. The Labute approximate surface area is 114 Å². The summed E-state index contributed by atoms with van der Waals surface area (Å²) in [6.07, 6.45) is 0. The van der Waals surface area contributed by atoms with Crippen LogP contribution in [-0.2, 0) is 0 Å². The Morgan fingerprint density at radius 1 is 1.37 bits per heavy atom. The summed E-state index contributed by atoms with van der Waals surface area (Å²) in [4.78, 5) is 11.4. The highest BCUT2D eigenvalue weighted by Crippen LogP contribution is 2.30. The van der Waals surface area contributed by atoms with E-state index in [1.54, 1.807) is 18.2 Å². The summed E-state index contributed by atoms with van der Waals surface area (Å²) < 4.78 is 5.17. The summed E-state index contributed by atoms with van der Waals surface area (Å²) in [7, 11) is 1.50. The lowest BCUT2D eigenvalue weighted by molar-refractivity contribution is 0.416. The van der Waals surface area contributed by atoms with E-state index in [0.29, 0.717) is 17.0 Å². The van der Waals surface area contributed by atoms with E-state index in [1.807, 2.05) is 6.07 Å². The number of anilines is 3. The van der Waals surface area contributed by atoms with Crippen LogP contribution in [0.1, 0.15) is 5.56 Å². The highest BCUT2D eigenvalue weighted by atomic mass is 35.5. The molecule has 0 saturated heterocycles. The number of para-hydroxylation sites is 1. The Bertz CT molecular complexity index is 634. The quantitative estimate of drug-likeness (QED) is 0.878. The molecule has 1 heterocycles. The van der Waals surface area contributed by atoms with Crippen LogP contribution in [-0.4, -0.2) is 22.1 Å². The smallest absolute Gasteiger partial charge is 0.233 e. The Morgan fingerprint density at radius 2 is 2.16 bits per heavy atom. The summed E-state index contributed by atoms with van der Waals surface area (Å²) in [5.74, 6) is 0.601. The van der Waals surface area contributed by atoms with Gasteiger partial charge in [0, 0.05) is 0 Å². The lowest BCUT2D eigenvalue weighted by Gasteiger charge is -2.11. The number of ether oxygens (including phenoxy) is 1. The van der Waals surface area contributed by atoms with Crippen molar-refractivity contribution in [2.24, 2.45) is 0 Å². The topological polar surface area (TPSA) is 110 Å². The van der Waals surface area contributed by atoms with Crippen LogP contribution >= 0.6 is 11.6 Å². The van der Waals surface area contributed by atoms with Crippen LogP contribution in [0.25, 0.3) is 0 Å². The molecule has 1 aromatic heterocycles. The van der Waals surface area contributed by atoms with Crippen LogP contribution in [0.4, 0.5) is 17.6 Å². The average molecular weight is 277 g/mol. The zero-order valence-electron chi connectivity index (χ0n) is 9.88. The first-order valence-electron chi connectivity index (χ1n) is 5.15. The Kier molecular flexibility index (Phi) is 3.63. The SMILES string of the molecule is COc1cccc(C#N)c1Nc1nc(N)nc(Cl)n1. The molecule has 96 valence electrons. The predicted octanol–water partition coefficient (Wildman–Crippen LogP) is 1.73.